The van der Waals surface area contributed by atoms with Crippen LogP contribution in [0.5, 0.6) is 0 Å². The Labute approximate surface area is 105 Å². The Bertz CT molecular complexity index is 538. The summed E-state index contributed by atoms with van der Waals surface area (Å²) in [4.78, 5) is 1.78. The molecule has 0 fully saturated rings. The van der Waals surface area contributed by atoms with Gasteiger partial charge in [-0.1, -0.05) is 0 Å². The van der Waals surface area contributed by atoms with Crippen LogP contribution in [-0.4, -0.2) is 7.05 Å². The minimum absolute atomic E-state index is 0.280. The first-order valence-corrected chi connectivity index (χ1v) is 5.59. The summed E-state index contributed by atoms with van der Waals surface area (Å²) in [7, 11) is 1.79. The van der Waals surface area contributed by atoms with Gasteiger partial charge in [-0.3, -0.25) is 0 Å². The lowest BCUT2D eigenvalue weighted by molar-refractivity contribution is 0.625. The number of anilines is 2. The second-order valence-electron chi connectivity index (χ2n) is 4.06. The lowest BCUT2D eigenvalue weighted by Crippen LogP contribution is -2.10. The molecule has 0 amide bonds. The number of benzene rings is 2. The van der Waals surface area contributed by atoms with Crippen LogP contribution >= 0.6 is 0 Å². The van der Waals surface area contributed by atoms with E-state index in [-0.39, 0.29) is 18.2 Å². The predicted octanol–water partition coefficient (Wildman–Crippen LogP) is 3.19. The number of halogens is 2. The Morgan fingerprint density at radius 3 is 2.22 bits per heavy atom. The second-order valence-corrected chi connectivity index (χ2v) is 4.06. The van der Waals surface area contributed by atoms with E-state index in [0.29, 0.717) is 5.69 Å². The first-order chi connectivity index (χ1) is 8.60. The van der Waals surface area contributed by atoms with Gasteiger partial charge in [-0.2, -0.15) is 0 Å². The maximum absolute atomic E-state index is 13.4. The fourth-order valence-electron chi connectivity index (χ4n) is 1.76. The third-order valence-electron chi connectivity index (χ3n) is 2.78. The van der Waals surface area contributed by atoms with Gasteiger partial charge in [0.25, 0.3) is 0 Å². The summed E-state index contributed by atoms with van der Waals surface area (Å²) in [6, 6.07) is 10.7. The first kappa shape index (κ1) is 12.5. The molecule has 0 unspecified atom stereocenters. The van der Waals surface area contributed by atoms with Crippen molar-refractivity contribution in [2.24, 2.45) is 5.73 Å². The molecule has 2 nitrogen and oxygen atoms in total. The molecular formula is C14H14F2N2. The quantitative estimate of drug-likeness (QED) is 0.903. The Kier molecular flexibility index (Phi) is 3.58. The molecule has 0 atom stereocenters. The highest BCUT2D eigenvalue weighted by Gasteiger charge is 2.07. The van der Waals surface area contributed by atoms with Crippen molar-refractivity contribution in [1.29, 1.82) is 0 Å². The molecule has 0 bridgehead atoms. The third-order valence-corrected chi connectivity index (χ3v) is 2.78. The third kappa shape index (κ3) is 2.65. The fourth-order valence-corrected chi connectivity index (χ4v) is 1.76. The molecule has 0 aliphatic carbocycles. The number of nitrogens with two attached hydrogens (primary N) is 1. The molecule has 0 saturated heterocycles. The van der Waals surface area contributed by atoms with Gasteiger partial charge in [0.15, 0.2) is 0 Å². The Hall–Kier alpha value is -1.94. The van der Waals surface area contributed by atoms with Crippen molar-refractivity contribution in [2.45, 2.75) is 6.54 Å². The summed E-state index contributed by atoms with van der Waals surface area (Å²) in [5, 5.41) is 0. The molecule has 0 aliphatic heterocycles. The Morgan fingerprint density at radius 2 is 1.61 bits per heavy atom. The van der Waals surface area contributed by atoms with Crippen LogP contribution in [0, 0.1) is 11.6 Å². The van der Waals surface area contributed by atoms with Crippen molar-refractivity contribution in [3.63, 3.8) is 0 Å². The molecule has 2 aromatic carbocycles. The lowest BCUT2D eigenvalue weighted by atomic mass is 10.1. The van der Waals surface area contributed by atoms with Gasteiger partial charge in [0.05, 0.1) is 0 Å². The van der Waals surface area contributed by atoms with Crippen molar-refractivity contribution in [1.82, 2.24) is 0 Å². The summed E-state index contributed by atoms with van der Waals surface area (Å²) < 4.78 is 26.3. The molecule has 0 aliphatic rings. The maximum Gasteiger partial charge on any atom is 0.125 e. The summed E-state index contributed by atoms with van der Waals surface area (Å²) in [6.45, 7) is 0.280. The van der Waals surface area contributed by atoms with Crippen molar-refractivity contribution in [2.75, 3.05) is 11.9 Å². The lowest BCUT2D eigenvalue weighted by Gasteiger charge is -2.20. The molecule has 0 spiro atoms. The highest BCUT2D eigenvalue weighted by molar-refractivity contribution is 5.63. The zero-order chi connectivity index (χ0) is 13.1. The molecule has 0 saturated carbocycles. The van der Waals surface area contributed by atoms with E-state index in [9.17, 15) is 8.78 Å². The molecule has 94 valence electrons. The summed E-state index contributed by atoms with van der Waals surface area (Å²) >= 11 is 0. The van der Waals surface area contributed by atoms with Crippen LogP contribution in [0.1, 0.15) is 5.56 Å². The molecule has 0 radical (unpaired) electrons. The van der Waals surface area contributed by atoms with Crippen LogP contribution in [0.15, 0.2) is 42.5 Å². The molecule has 2 N–H and O–H groups in total. The van der Waals surface area contributed by atoms with Crippen molar-refractivity contribution in [3.8, 4) is 0 Å². The minimum atomic E-state index is -0.332. The van der Waals surface area contributed by atoms with Gasteiger partial charge in [0, 0.05) is 25.0 Å². The molecular weight excluding hydrogens is 234 g/mol. The Morgan fingerprint density at radius 1 is 0.944 bits per heavy atom. The highest BCUT2D eigenvalue weighted by Crippen LogP contribution is 2.25. The van der Waals surface area contributed by atoms with Gasteiger partial charge < -0.3 is 10.6 Å². The van der Waals surface area contributed by atoms with E-state index in [0.717, 1.165) is 11.3 Å². The van der Waals surface area contributed by atoms with E-state index in [2.05, 4.69) is 0 Å². The van der Waals surface area contributed by atoms with E-state index in [1.165, 1.54) is 24.3 Å². The van der Waals surface area contributed by atoms with Crippen LogP contribution in [0.25, 0.3) is 0 Å². The van der Waals surface area contributed by atoms with Gasteiger partial charge in [0.1, 0.15) is 11.6 Å². The highest BCUT2D eigenvalue weighted by atomic mass is 19.1. The molecule has 4 heteroatoms. The monoisotopic (exact) mass is 248 g/mol. The average molecular weight is 248 g/mol. The van der Waals surface area contributed by atoms with Gasteiger partial charge in [-0.05, 0) is 48.0 Å². The Balaban J connectivity index is 2.35. The van der Waals surface area contributed by atoms with E-state index >= 15 is 0 Å². The van der Waals surface area contributed by atoms with Crippen LogP contribution < -0.4 is 10.6 Å². The molecule has 0 aromatic heterocycles. The van der Waals surface area contributed by atoms with E-state index in [4.69, 9.17) is 5.73 Å². The largest absolute Gasteiger partial charge is 0.345 e. The fraction of sp³-hybridized carbons (Fsp3) is 0.143. The molecule has 18 heavy (non-hydrogen) atoms. The number of hydrogen-bond acceptors (Lipinski definition) is 2. The molecule has 2 aromatic rings. The second kappa shape index (κ2) is 5.14. The van der Waals surface area contributed by atoms with Gasteiger partial charge in [-0.15, -0.1) is 0 Å². The predicted molar refractivity (Wildman–Crippen MR) is 68.8 cm³/mol. The van der Waals surface area contributed by atoms with Crippen LogP contribution in [0.3, 0.4) is 0 Å². The normalized spacial score (nSPS) is 10.4. The number of hydrogen-bond donors (Lipinski definition) is 1. The van der Waals surface area contributed by atoms with Crippen LogP contribution in [0.4, 0.5) is 20.2 Å². The zero-order valence-corrected chi connectivity index (χ0v) is 10.0. The zero-order valence-electron chi connectivity index (χ0n) is 10.0. The van der Waals surface area contributed by atoms with E-state index < -0.39 is 0 Å². The minimum Gasteiger partial charge on any atom is -0.345 e. The SMILES string of the molecule is CN(c1ccc(F)cc1)c1cc(F)cc(CN)c1. The van der Waals surface area contributed by atoms with Crippen molar-refractivity contribution < 1.29 is 8.78 Å². The van der Waals surface area contributed by atoms with Crippen molar-refractivity contribution >= 4 is 11.4 Å². The standard InChI is InChI=1S/C14H14F2N2/c1-18(13-4-2-11(15)3-5-13)14-7-10(9-17)6-12(16)8-14/h2-8H,9,17H2,1H3. The van der Waals surface area contributed by atoms with Crippen LogP contribution in [0.2, 0.25) is 0 Å². The molecule has 2 rings (SSSR count). The summed E-state index contributed by atoms with van der Waals surface area (Å²) in [5.41, 5.74) is 7.70. The van der Waals surface area contributed by atoms with Gasteiger partial charge in [-0.25, -0.2) is 8.78 Å². The topological polar surface area (TPSA) is 29.3 Å². The summed E-state index contributed by atoms with van der Waals surface area (Å²) in [6.07, 6.45) is 0. The average Bonchev–Trinajstić information content (AvgIpc) is 2.38. The van der Waals surface area contributed by atoms with Gasteiger partial charge in [0.2, 0.25) is 0 Å². The van der Waals surface area contributed by atoms with Crippen molar-refractivity contribution in [3.05, 3.63) is 59.7 Å². The summed E-state index contributed by atoms with van der Waals surface area (Å²) in [5.74, 6) is -0.629. The first-order valence-electron chi connectivity index (χ1n) is 5.59. The molecule has 0 heterocycles. The number of nitrogens with zero attached hydrogens (tertiary/aromatic N) is 1. The number of rotatable bonds is 3. The van der Waals surface area contributed by atoms with E-state index in [1.807, 2.05) is 6.07 Å². The smallest absolute Gasteiger partial charge is 0.125 e. The van der Waals surface area contributed by atoms with E-state index in [1.54, 1.807) is 24.1 Å². The van der Waals surface area contributed by atoms with Crippen LogP contribution in [-0.2, 0) is 6.54 Å². The van der Waals surface area contributed by atoms with Gasteiger partial charge >= 0.3 is 0 Å². The maximum atomic E-state index is 13.4.